The topological polar surface area (TPSA) is 56.1 Å². The van der Waals surface area contributed by atoms with E-state index in [-0.39, 0.29) is 11.7 Å². The number of rotatable bonds is 7. The number of nitrogens with one attached hydrogen (secondary N) is 1. The maximum atomic E-state index is 13.1. The molecule has 1 aromatic carbocycles. The average Bonchev–Trinajstić information content (AvgIpc) is 2.96. The minimum Gasteiger partial charge on any atom is -0.385 e. The second kappa shape index (κ2) is 7.95. The van der Waals surface area contributed by atoms with Gasteiger partial charge in [0.05, 0.1) is 6.20 Å². The van der Waals surface area contributed by atoms with Crippen molar-refractivity contribution in [2.24, 2.45) is 0 Å². The first-order chi connectivity index (χ1) is 10.7. The third-order valence-electron chi connectivity index (χ3n) is 3.04. The van der Waals surface area contributed by atoms with Crippen LogP contribution in [0.15, 0.2) is 35.6 Å². The van der Waals surface area contributed by atoms with Crippen LogP contribution in [0.5, 0.6) is 0 Å². The molecule has 1 N–H and O–H groups in total. The number of thioether (sulfide) groups is 1. The van der Waals surface area contributed by atoms with Crippen molar-refractivity contribution < 1.29 is 13.9 Å². The standard InChI is InChI=1S/C15H18FN3O2S/c1-21-9-3-8-17-14(20)13-10-18-15(22-2)19(13)12-6-4-11(16)5-7-12/h4-7,10H,3,8-9H2,1-2H3,(H,17,20). The van der Waals surface area contributed by atoms with Gasteiger partial charge < -0.3 is 10.1 Å². The van der Waals surface area contributed by atoms with Gasteiger partial charge in [-0.05, 0) is 36.9 Å². The Bertz CT molecular complexity index is 628. The second-order valence-electron chi connectivity index (χ2n) is 4.54. The highest BCUT2D eigenvalue weighted by Gasteiger charge is 2.17. The average molecular weight is 323 g/mol. The van der Waals surface area contributed by atoms with E-state index in [9.17, 15) is 9.18 Å². The van der Waals surface area contributed by atoms with E-state index in [4.69, 9.17) is 4.74 Å². The number of amides is 1. The molecule has 1 aromatic heterocycles. The van der Waals surface area contributed by atoms with Crippen LogP contribution in [-0.2, 0) is 4.74 Å². The van der Waals surface area contributed by atoms with Crippen molar-refractivity contribution in [3.63, 3.8) is 0 Å². The lowest BCUT2D eigenvalue weighted by atomic mass is 10.3. The molecular weight excluding hydrogens is 305 g/mol. The summed E-state index contributed by atoms with van der Waals surface area (Å²) in [5.74, 6) is -0.534. The number of nitrogens with zero attached hydrogens (tertiary/aromatic N) is 2. The number of halogens is 1. The summed E-state index contributed by atoms with van der Waals surface area (Å²) < 4.78 is 19.8. The van der Waals surface area contributed by atoms with Crippen molar-refractivity contribution in [1.29, 1.82) is 0 Å². The van der Waals surface area contributed by atoms with Crippen LogP contribution in [0.25, 0.3) is 5.69 Å². The first kappa shape index (κ1) is 16.5. The summed E-state index contributed by atoms with van der Waals surface area (Å²) in [6.07, 6.45) is 4.14. The van der Waals surface area contributed by atoms with Crippen molar-refractivity contribution in [2.75, 3.05) is 26.5 Å². The zero-order chi connectivity index (χ0) is 15.9. The molecule has 0 aliphatic heterocycles. The van der Waals surface area contributed by atoms with E-state index in [0.717, 1.165) is 6.42 Å². The lowest BCUT2D eigenvalue weighted by Gasteiger charge is -2.11. The van der Waals surface area contributed by atoms with E-state index in [1.165, 1.54) is 30.1 Å². The summed E-state index contributed by atoms with van der Waals surface area (Å²) in [6.45, 7) is 1.11. The van der Waals surface area contributed by atoms with Crippen LogP contribution in [0.3, 0.4) is 0 Å². The van der Waals surface area contributed by atoms with Gasteiger partial charge in [0, 0.05) is 25.9 Å². The Hall–Kier alpha value is -1.86. The molecule has 0 saturated heterocycles. The molecule has 0 spiro atoms. The zero-order valence-corrected chi connectivity index (χ0v) is 13.3. The Labute approximate surface area is 132 Å². The summed E-state index contributed by atoms with van der Waals surface area (Å²) in [5.41, 5.74) is 1.12. The zero-order valence-electron chi connectivity index (χ0n) is 12.5. The molecule has 7 heteroatoms. The highest BCUT2D eigenvalue weighted by atomic mass is 32.2. The quantitative estimate of drug-likeness (QED) is 0.628. The predicted octanol–water partition coefficient (Wildman–Crippen LogP) is 2.50. The van der Waals surface area contributed by atoms with E-state index >= 15 is 0 Å². The summed E-state index contributed by atoms with van der Waals surface area (Å²) in [5, 5.41) is 3.50. The summed E-state index contributed by atoms with van der Waals surface area (Å²) in [7, 11) is 1.62. The van der Waals surface area contributed by atoms with Crippen LogP contribution in [0.1, 0.15) is 16.9 Å². The maximum absolute atomic E-state index is 13.1. The van der Waals surface area contributed by atoms with Gasteiger partial charge in [-0.15, -0.1) is 0 Å². The Morgan fingerprint density at radius 3 is 2.77 bits per heavy atom. The number of aromatic nitrogens is 2. The largest absolute Gasteiger partial charge is 0.385 e. The Morgan fingerprint density at radius 2 is 2.14 bits per heavy atom. The molecule has 0 fully saturated rings. The van der Waals surface area contributed by atoms with Crippen molar-refractivity contribution in [3.05, 3.63) is 42.0 Å². The van der Waals surface area contributed by atoms with Crippen LogP contribution < -0.4 is 5.32 Å². The van der Waals surface area contributed by atoms with Gasteiger partial charge in [-0.3, -0.25) is 9.36 Å². The lowest BCUT2D eigenvalue weighted by Crippen LogP contribution is -2.27. The van der Waals surface area contributed by atoms with Crippen LogP contribution in [0.4, 0.5) is 4.39 Å². The molecule has 0 atom stereocenters. The molecule has 0 bridgehead atoms. The number of imidazole rings is 1. The molecule has 2 aromatic rings. The Balaban J connectivity index is 2.23. The van der Waals surface area contributed by atoms with E-state index < -0.39 is 0 Å². The number of methoxy groups -OCH3 is 1. The number of benzene rings is 1. The molecule has 1 amide bonds. The Kier molecular flexibility index (Phi) is 5.97. The minimum absolute atomic E-state index is 0.215. The van der Waals surface area contributed by atoms with Crippen LogP contribution >= 0.6 is 11.8 Å². The van der Waals surface area contributed by atoms with E-state index in [1.807, 2.05) is 6.26 Å². The van der Waals surface area contributed by atoms with E-state index in [2.05, 4.69) is 10.3 Å². The fourth-order valence-electron chi connectivity index (χ4n) is 1.99. The van der Waals surface area contributed by atoms with Gasteiger partial charge in [-0.2, -0.15) is 0 Å². The number of hydrogen-bond acceptors (Lipinski definition) is 4. The smallest absolute Gasteiger partial charge is 0.269 e. The van der Waals surface area contributed by atoms with Gasteiger partial charge in [0.2, 0.25) is 0 Å². The van der Waals surface area contributed by atoms with Gasteiger partial charge >= 0.3 is 0 Å². The molecular formula is C15H18FN3O2S. The molecule has 5 nitrogen and oxygen atoms in total. The molecule has 1 heterocycles. The van der Waals surface area contributed by atoms with Gasteiger partial charge in [-0.25, -0.2) is 9.37 Å². The van der Waals surface area contributed by atoms with E-state index in [0.29, 0.717) is 29.7 Å². The molecule has 0 aliphatic carbocycles. The predicted molar refractivity (Wildman–Crippen MR) is 84.1 cm³/mol. The highest BCUT2D eigenvalue weighted by Crippen LogP contribution is 2.21. The third-order valence-corrected chi connectivity index (χ3v) is 3.69. The van der Waals surface area contributed by atoms with Gasteiger partial charge in [0.25, 0.3) is 5.91 Å². The monoisotopic (exact) mass is 323 g/mol. The van der Waals surface area contributed by atoms with Crippen LogP contribution in [-0.4, -0.2) is 42.0 Å². The number of carbonyl (C=O) groups is 1. The molecule has 0 aliphatic rings. The second-order valence-corrected chi connectivity index (χ2v) is 5.32. The van der Waals surface area contributed by atoms with Crippen molar-refractivity contribution in [3.8, 4) is 5.69 Å². The fraction of sp³-hybridized carbons (Fsp3) is 0.333. The Morgan fingerprint density at radius 1 is 1.41 bits per heavy atom. The minimum atomic E-state index is -0.319. The van der Waals surface area contributed by atoms with E-state index in [1.54, 1.807) is 23.8 Å². The first-order valence-electron chi connectivity index (χ1n) is 6.82. The van der Waals surface area contributed by atoms with Crippen molar-refractivity contribution >= 4 is 17.7 Å². The third kappa shape index (κ3) is 3.86. The number of ether oxygens (including phenoxy) is 1. The highest BCUT2D eigenvalue weighted by molar-refractivity contribution is 7.98. The first-order valence-corrected chi connectivity index (χ1v) is 8.04. The number of hydrogen-bond donors (Lipinski definition) is 1. The molecule has 0 saturated carbocycles. The van der Waals surface area contributed by atoms with Crippen molar-refractivity contribution in [1.82, 2.24) is 14.9 Å². The van der Waals surface area contributed by atoms with Crippen molar-refractivity contribution in [2.45, 2.75) is 11.6 Å². The molecule has 2 rings (SSSR count). The molecule has 0 radical (unpaired) electrons. The lowest BCUT2D eigenvalue weighted by molar-refractivity contribution is 0.0941. The normalized spacial score (nSPS) is 10.7. The van der Waals surface area contributed by atoms with Crippen LogP contribution in [0, 0.1) is 5.82 Å². The fourth-order valence-corrected chi connectivity index (χ4v) is 2.53. The molecule has 0 unspecified atom stereocenters. The SMILES string of the molecule is COCCCNC(=O)c1cnc(SC)n1-c1ccc(F)cc1. The van der Waals surface area contributed by atoms with Crippen LogP contribution in [0.2, 0.25) is 0 Å². The summed E-state index contributed by atoms with van der Waals surface area (Å²) in [6, 6.07) is 5.97. The number of carbonyl (C=O) groups excluding carboxylic acids is 1. The molecule has 22 heavy (non-hydrogen) atoms. The maximum Gasteiger partial charge on any atom is 0.269 e. The van der Waals surface area contributed by atoms with Gasteiger partial charge in [-0.1, -0.05) is 11.8 Å². The van der Waals surface area contributed by atoms with Gasteiger partial charge in [0.15, 0.2) is 5.16 Å². The molecule has 118 valence electrons. The summed E-state index contributed by atoms with van der Waals surface area (Å²) >= 11 is 1.42. The summed E-state index contributed by atoms with van der Waals surface area (Å²) in [4.78, 5) is 16.5. The van der Waals surface area contributed by atoms with Gasteiger partial charge in [0.1, 0.15) is 11.5 Å².